The minimum absolute atomic E-state index is 0.118. The zero-order chi connectivity index (χ0) is 13.0. The first-order valence-corrected chi connectivity index (χ1v) is 7.28. The molecule has 98 valence electrons. The van der Waals surface area contributed by atoms with Gasteiger partial charge in [-0.2, -0.15) is 0 Å². The van der Waals surface area contributed by atoms with Crippen molar-refractivity contribution in [3.8, 4) is 0 Å². The maximum Gasteiger partial charge on any atom is 0.253 e. The summed E-state index contributed by atoms with van der Waals surface area (Å²) in [6.45, 7) is 4.67. The number of nitrogens with zero attached hydrogens (tertiary/aromatic N) is 1. The lowest BCUT2D eigenvalue weighted by Gasteiger charge is -2.24. The number of halogens is 1. The maximum absolute atomic E-state index is 12.4. The van der Waals surface area contributed by atoms with Crippen LogP contribution in [0.3, 0.4) is 0 Å². The van der Waals surface area contributed by atoms with Crippen molar-refractivity contribution in [1.29, 1.82) is 0 Å². The Bertz CT molecular complexity index is 416. The second kappa shape index (κ2) is 6.34. The van der Waals surface area contributed by atoms with Crippen LogP contribution >= 0.6 is 15.9 Å². The van der Waals surface area contributed by atoms with Gasteiger partial charge in [-0.3, -0.25) is 4.79 Å². The van der Waals surface area contributed by atoms with Crippen molar-refractivity contribution in [3.63, 3.8) is 0 Å². The minimum Gasteiger partial charge on any atom is -0.337 e. The highest BCUT2D eigenvalue weighted by molar-refractivity contribution is 9.10. The lowest BCUT2D eigenvalue weighted by atomic mass is 10.1. The fourth-order valence-electron chi connectivity index (χ4n) is 2.34. The molecular weight excluding hydrogens is 292 g/mol. The highest BCUT2D eigenvalue weighted by atomic mass is 79.9. The number of nitrogens with one attached hydrogen (secondary N) is 1. The first kappa shape index (κ1) is 13.6. The van der Waals surface area contributed by atoms with Gasteiger partial charge in [-0.25, -0.2) is 0 Å². The van der Waals surface area contributed by atoms with E-state index in [0.717, 1.165) is 29.7 Å². The van der Waals surface area contributed by atoms with E-state index >= 15 is 0 Å². The fraction of sp³-hybridized carbons (Fsp3) is 0.500. The van der Waals surface area contributed by atoms with E-state index in [1.165, 1.54) is 12.8 Å². The number of benzene rings is 1. The van der Waals surface area contributed by atoms with E-state index in [2.05, 4.69) is 21.2 Å². The van der Waals surface area contributed by atoms with Crippen LogP contribution in [0.2, 0.25) is 0 Å². The first-order valence-electron chi connectivity index (χ1n) is 6.49. The molecule has 0 spiro atoms. The SMILES string of the molecule is CCN(CC1CCCN1)C(=O)c1cccc(Br)c1. The van der Waals surface area contributed by atoms with Gasteiger partial charge in [0.15, 0.2) is 0 Å². The average Bonchev–Trinajstić information content (AvgIpc) is 2.88. The molecule has 1 saturated heterocycles. The van der Waals surface area contributed by atoms with Crippen LogP contribution in [0, 0.1) is 0 Å². The van der Waals surface area contributed by atoms with Gasteiger partial charge < -0.3 is 10.2 Å². The molecule has 1 aliphatic rings. The summed E-state index contributed by atoms with van der Waals surface area (Å²) in [5.41, 5.74) is 0.754. The van der Waals surface area contributed by atoms with Crippen LogP contribution in [0.25, 0.3) is 0 Å². The zero-order valence-corrected chi connectivity index (χ0v) is 12.2. The molecule has 1 heterocycles. The third-order valence-electron chi connectivity index (χ3n) is 3.34. The molecule has 1 aromatic carbocycles. The largest absolute Gasteiger partial charge is 0.337 e. The predicted molar refractivity (Wildman–Crippen MR) is 76.7 cm³/mol. The number of hydrogen-bond donors (Lipinski definition) is 1. The van der Waals surface area contributed by atoms with E-state index in [9.17, 15) is 4.79 Å². The fourth-order valence-corrected chi connectivity index (χ4v) is 2.74. The summed E-state index contributed by atoms with van der Waals surface area (Å²) >= 11 is 3.41. The van der Waals surface area contributed by atoms with E-state index in [1.807, 2.05) is 36.1 Å². The first-order chi connectivity index (χ1) is 8.70. The molecule has 0 saturated carbocycles. The Labute approximate surface area is 117 Å². The van der Waals surface area contributed by atoms with Crippen LogP contribution in [0.5, 0.6) is 0 Å². The average molecular weight is 311 g/mol. The Morgan fingerprint density at radius 2 is 2.39 bits per heavy atom. The van der Waals surface area contributed by atoms with Crippen molar-refractivity contribution >= 4 is 21.8 Å². The van der Waals surface area contributed by atoms with E-state index in [4.69, 9.17) is 0 Å². The van der Waals surface area contributed by atoms with Gasteiger partial charge >= 0.3 is 0 Å². The Balaban J connectivity index is 2.04. The molecular formula is C14H19BrN2O. The number of hydrogen-bond acceptors (Lipinski definition) is 2. The monoisotopic (exact) mass is 310 g/mol. The third-order valence-corrected chi connectivity index (χ3v) is 3.84. The van der Waals surface area contributed by atoms with Crippen LogP contribution in [0.1, 0.15) is 30.1 Å². The molecule has 1 aliphatic heterocycles. The van der Waals surface area contributed by atoms with Crippen molar-refractivity contribution < 1.29 is 4.79 Å². The number of likely N-dealkylation sites (N-methyl/N-ethyl adjacent to an activating group) is 1. The van der Waals surface area contributed by atoms with Crippen LogP contribution in [-0.4, -0.2) is 36.5 Å². The summed E-state index contributed by atoms with van der Waals surface area (Å²) in [6, 6.07) is 8.05. The van der Waals surface area contributed by atoms with Gasteiger partial charge in [-0.05, 0) is 44.5 Å². The highest BCUT2D eigenvalue weighted by Gasteiger charge is 2.21. The van der Waals surface area contributed by atoms with Crippen molar-refractivity contribution in [2.75, 3.05) is 19.6 Å². The van der Waals surface area contributed by atoms with Gasteiger partial charge in [0.2, 0.25) is 0 Å². The number of carbonyl (C=O) groups is 1. The molecule has 1 atom stereocenters. The molecule has 1 fully saturated rings. The maximum atomic E-state index is 12.4. The minimum atomic E-state index is 0.118. The quantitative estimate of drug-likeness (QED) is 0.927. The molecule has 1 unspecified atom stereocenters. The van der Waals surface area contributed by atoms with E-state index in [1.54, 1.807) is 0 Å². The van der Waals surface area contributed by atoms with Crippen molar-refractivity contribution in [1.82, 2.24) is 10.2 Å². The summed E-state index contributed by atoms with van der Waals surface area (Å²) in [5.74, 6) is 0.118. The highest BCUT2D eigenvalue weighted by Crippen LogP contribution is 2.15. The molecule has 2 rings (SSSR count). The van der Waals surface area contributed by atoms with Crippen LogP contribution in [0.15, 0.2) is 28.7 Å². The smallest absolute Gasteiger partial charge is 0.253 e. The summed E-state index contributed by atoms with van der Waals surface area (Å²) in [7, 11) is 0. The lowest BCUT2D eigenvalue weighted by Crippen LogP contribution is -2.41. The molecule has 18 heavy (non-hydrogen) atoms. The van der Waals surface area contributed by atoms with E-state index in [-0.39, 0.29) is 5.91 Å². The Morgan fingerprint density at radius 1 is 1.56 bits per heavy atom. The van der Waals surface area contributed by atoms with E-state index < -0.39 is 0 Å². The van der Waals surface area contributed by atoms with Crippen LogP contribution in [-0.2, 0) is 0 Å². The summed E-state index contributed by atoms with van der Waals surface area (Å²) in [6.07, 6.45) is 2.38. The summed E-state index contributed by atoms with van der Waals surface area (Å²) in [5, 5.41) is 3.44. The van der Waals surface area contributed by atoms with Gasteiger partial charge in [-0.15, -0.1) is 0 Å². The normalized spacial score (nSPS) is 18.9. The molecule has 0 aromatic heterocycles. The van der Waals surface area contributed by atoms with Crippen molar-refractivity contribution in [2.24, 2.45) is 0 Å². The molecule has 1 aromatic rings. The number of rotatable bonds is 4. The molecule has 1 amide bonds. The summed E-state index contributed by atoms with van der Waals surface area (Å²) < 4.78 is 0.948. The molecule has 3 nitrogen and oxygen atoms in total. The molecule has 1 N–H and O–H groups in total. The van der Waals surface area contributed by atoms with E-state index in [0.29, 0.717) is 6.04 Å². The van der Waals surface area contributed by atoms with Crippen LogP contribution < -0.4 is 5.32 Å². The molecule has 0 aliphatic carbocycles. The zero-order valence-electron chi connectivity index (χ0n) is 10.7. The third kappa shape index (κ3) is 3.33. The van der Waals surface area contributed by atoms with Gasteiger partial charge in [0, 0.05) is 29.2 Å². The molecule has 4 heteroatoms. The van der Waals surface area contributed by atoms with Crippen molar-refractivity contribution in [2.45, 2.75) is 25.8 Å². The summed E-state index contributed by atoms with van der Waals surface area (Å²) in [4.78, 5) is 14.3. The Hall–Kier alpha value is -0.870. The number of amides is 1. The standard InChI is InChI=1S/C14H19BrN2O/c1-2-17(10-13-7-4-8-16-13)14(18)11-5-3-6-12(15)9-11/h3,5-6,9,13,16H,2,4,7-8,10H2,1H3. The Morgan fingerprint density at radius 3 is 3.00 bits per heavy atom. The Kier molecular flexibility index (Phi) is 4.78. The van der Waals surface area contributed by atoms with Crippen molar-refractivity contribution in [3.05, 3.63) is 34.3 Å². The number of carbonyl (C=O) groups excluding carboxylic acids is 1. The van der Waals surface area contributed by atoms with Crippen LogP contribution in [0.4, 0.5) is 0 Å². The molecule has 0 bridgehead atoms. The predicted octanol–water partition coefficient (Wildman–Crippen LogP) is 2.66. The topological polar surface area (TPSA) is 32.3 Å². The lowest BCUT2D eigenvalue weighted by molar-refractivity contribution is 0.0751. The second-order valence-corrected chi connectivity index (χ2v) is 5.56. The second-order valence-electron chi connectivity index (χ2n) is 4.65. The van der Waals surface area contributed by atoms with Gasteiger partial charge in [-0.1, -0.05) is 22.0 Å². The molecule has 0 radical (unpaired) electrons. The van der Waals surface area contributed by atoms with Gasteiger partial charge in [0.25, 0.3) is 5.91 Å². The van der Waals surface area contributed by atoms with Gasteiger partial charge in [0.05, 0.1) is 0 Å². The van der Waals surface area contributed by atoms with Gasteiger partial charge in [0.1, 0.15) is 0 Å².